The average Bonchev–Trinajstić information content (AvgIpc) is 3.74. The van der Waals surface area contributed by atoms with Gasteiger partial charge in [0.1, 0.15) is 0 Å². The Bertz CT molecular complexity index is 1430. The van der Waals surface area contributed by atoms with Crippen molar-refractivity contribution in [2.75, 3.05) is 13.2 Å². The van der Waals surface area contributed by atoms with Crippen LogP contribution in [0.15, 0.2) is 12.2 Å². The van der Waals surface area contributed by atoms with Gasteiger partial charge in [-0.15, -0.1) is 0 Å². The number of aliphatic hydroxyl groups excluding tert-OH is 2. The zero-order valence-corrected chi connectivity index (χ0v) is 64.5. The molecule has 0 aliphatic carbocycles. The maximum absolute atomic E-state index is 12.6. The number of hydrogen-bond acceptors (Lipinski definition) is 5. The lowest BCUT2D eigenvalue weighted by atomic mass is 10.0. The molecule has 0 saturated heterocycles. The van der Waals surface area contributed by atoms with E-state index < -0.39 is 12.1 Å². The average molecular weight is 1330 g/mol. The topological polar surface area (TPSA) is 95.9 Å². The van der Waals surface area contributed by atoms with Gasteiger partial charge in [-0.2, -0.15) is 0 Å². The number of carbonyl (C=O) groups is 2. The Balaban J connectivity index is 3.31. The Morgan fingerprint density at radius 1 is 0.287 bits per heavy atom. The second-order valence-corrected chi connectivity index (χ2v) is 30.6. The summed E-state index contributed by atoms with van der Waals surface area (Å²) < 4.78 is 5.53. The van der Waals surface area contributed by atoms with Crippen LogP contribution in [0.2, 0.25) is 0 Å². The van der Waals surface area contributed by atoms with Crippen molar-refractivity contribution in [3.63, 3.8) is 0 Å². The van der Waals surface area contributed by atoms with Crippen LogP contribution in [0.3, 0.4) is 0 Å². The molecule has 1 amide bonds. The molecule has 0 fully saturated rings. The van der Waals surface area contributed by atoms with Crippen molar-refractivity contribution >= 4 is 11.9 Å². The Hall–Kier alpha value is -1.40. The molecule has 3 N–H and O–H groups in total. The lowest BCUT2D eigenvalue weighted by Gasteiger charge is -2.20. The molecule has 0 spiro atoms. The molecule has 0 radical (unpaired) electrons. The van der Waals surface area contributed by atoms with E-state index >= 15 is 0 Å². The fraction of sp³-hybridized carbons (Fsp3) is 0.955. The van der Waals surface area contributed by atoms with E-state index in [1.807, 2.05) is 6.08 Å². The molecule has 6 nitrogen and oxygen atoms in total. The summed E-state index contributed by atoms with van der Waals surface area (Å²) >= 11 is 0. The zero-order valence-electron chi connectivity index (χ0n) is 64.5. The Morgan fingerprint density at radius 2 is 0.489 bits per heavy atom. The molecule has 0 aromatic rings. The summed E-state index contributed by atoms with van der Waals surface area (Å²) in [6.45, 7) is 4.98. The van der Waals surface area contributed by atoms with Crippen molar-refractivity contribution in [1.82, 2.24) is 5.32 Å². The molecule has 0 heterocycles. The molecule has 0 aliphatic heterocycles. The van der Waals surface area contributed by atoms with Gasteiger partial charge in [0, 0.05) is 12.8 Å². The van der Waals surface area contributed by atoms with Crippen LogP contribution in [0.25, 0.3) is 0 Å². The van der Waals surface area contributed by atoms with Gasteiger partial charge in [-0.05, 0) is 32.1 Å². The number of ether oxygens (including phenoxy) is 1. The summed E-state index contributed by atoms with van der Waals surface area (Å²) in [5, 5.41) is 23.3. The normalized spacial score (nSPS) is 12.4. The van der Waals surface area contributed by atoms with E-state index in [9.17, 15) is 19.8 Å². The molecule has 560 valence electrons. The standard InChI is InChI=1S/C88H173NO5/c1-3-5-7-9-11-13-15-17-19-21-23-24-38-41-45-48-52-56-60-64-68-72-76-80-86(91)85(84-90)89-87(92)81-77-73-69-65-61-57-53-49-46-42-39-36-34-32-30-28-26-25-27-29-31-33-35-37-40-43-47-51-55-59-63-67-71-75-79-83-94-88(93)82-78-74-70-66-62-58-54-50-44-22-20-18-16-14-12-10-8-6-4-2/h76,80,85-86,90-91H,3-75,77-79,81-84H2,1-2H3,(H,89,92)/b80-76+. The second kappa shape index (κ2) is 84.0. The summed E-state index contributed by atoms with van der Waals surface area (Å²) in [5.41, 5.74) is 0. The minimum atomic E-state index is -0.842. The summed E-state index contributed by atoms with van der Waals surface area (Å²) in [4.78, 5) is 24.7. The first-order valence-electron chi connectivity index (χ1n) is 44.0. The molecule has 0 saturated carbocycles. The Morgan fingerprint density at radius 3 is 0.723 bits per heavy atom. The quantitative estimate of drug-likeness (QED) is 0.0320. The largest absolute Gasteiger partial charge is 0.466 e. The SMILES string of the molecule is CCCCCCCCCCCCCCCCCCCCCCC/C=C/C(O)C(CO)NC(=O)CCCCCCCCCCCCCCCCCCCCCCCCCCCCCCCCCCCCCOC(=O)CCCCCCCCCCCCCCCCCCCCC. The van der Waals surface area contributed by atoms with Gasteiger partial charge in [-0.25, -0.2) is 0 Å². The second-order valence-electron chi connectivity index (χ2n) is 30.6. The van der Waals surface area contributed by atoms with E-state index in [1.165, 1.54) is 449 Å². The minimum Gasteiger partial charge on any atom is -0.466 e. The lowest BCUT2D eigenvalue weighted by molar-refractivity contribution is -0.143. The van der Waals surface area contributed by atoms with Crippen LogP contribution in [0, 0.1) is 0 Å². The number of aliphatic hydroxyl groups is 2. The highest BCUT2D eigenvalue weighted by molar-refractivity contribution is 5.76. The van der Waals surface area contributed by atoms with Crippen molar-refractivity contribution in [1.29, 1.82) is 0 Å². The van der Waals surface area contributed by atoms with Gasteiger partial charge >= 0.3 is 5.97 Å². The van der Waals surface area contributed by atoms with Crippen LogP contribution in [-0.4, -0.2) is 47.4 Å². The van der Waals surface area contributed by atoms with Gasteiger partial charge in [0.2, 0.25) is 5.91 Å². The van der Waals surface area contributed by atoms with Crippen molar-refractivity contribution in [3.8, 4) is 0 Å². The maximum Gasteiger partial charge on any atom is 0.305 e. The molecule has 2 atom stereocenters. The summed E-state index contributed by atoms with van der Waals surface area (Å²) in [5.74, 6) is -0.0278. The van der Waals surface area contributed by atoms with Gasteiger partial charge in [0.05, 0.1) is 25.4 Å². The number of allylic oxidation sites excluding steroid dienone is 1. The number of unbranched alkanes of at least 4 members (excludes halogenated alkanes) is 73. The minimum absolute atomic E-state index is 0.0288. The summed E-state index contributed by atoms with van der Waals surface area (Å²) in [6, 6.07) is -0.625. The van der Waals surface area contributed by atoms with Crippen LogP contribution >= 0.6 is 0 Å². The van der Waals surface area contributed by atoms with Gasteiger partial charge in [-0.3, -0.25) is 9.59 Å². The van der Waals surface area contributed by atoms with Crippen molar-refractivity contribution in [2.24, 2.45) is 0 Å². The van der Waals surface area contributed by atoms with Crippen LogP contribution in [0.5, 0.6) is 0 Å². The van der Waals surface area contributed by atoms with E-state index in [4.69, 9.17) is 4.74 Å². The monoisotopic (exact) mass is 1320 g/mol. The molecule has 0 aliphatic rings. The molecule has 0 aromatic heterocycles. The third-order valence-corrected chi connectivity index (χ3v) is 21.1. The summed E-state index contributed by atoms with van der Waals surface area (Å²) in [6.07, 6.45) is 108. The molecular weight excluding hydrogens is 1150 g/mol. The maximum atomic E-state index is 12.6. The van der Waals surface area contributed by atoms with E-state index in [0.717, 1.165) is 38.5 Å². The van der Waals surface area contributed by atoms with Gasteiger partial charge in [0.15, 0.2) is 0 Å². The third kappa shape index (κ3) is 79.6. The number of hydrogen-bond donors (Lipinski definition) is 3. The van der Waals surface area contributed by atoms with Crippen LogP contribution in [-0.2, 0) is 14.3 Å². The Labute approximate surface area is 590 Å². The van der Waals surface area contributed by atoms with Crippen LogP contribution < -0.4 is 5.32 Å². The fourth-order valence-electron chi connectivity index (χ4n) is 14.4. The number of carbonyl (C=O) groups excluding carboxylic acids is 2. The first-order chi connectivity index (χ1) is 46.5. The van der Waals surface area contributed by atoms with Crippen LogP contribution in [0.1, 0.15) is 515 Å². The highest BCUT2D eigenvalue weighted by Crippen LogP contribution is 2.21. The predicted octanol–water partition coefficient (Wildman–Crippen LogP) is 29.4. The van der Waals surface area contributed by atoms with Crippen molar-refractivity contribution < 1.29 is 24.5 Å². The molecule has 2 unspecified atom stereocenters. The highest BCUT2D eigenvalue weighted by atomic mass is 16.5. The van der Waals surface area contributed by atoms with Crippen molar-refractivity contribution in [3.05, 3.63) is 12.2 Å². The first kappa shape index (κ1) is 92.6. The predicted molar refractivity (Wildman–Crippen MR) is 417 cm³/mol. The zero-order chi connectivity index (χ0) is 67.7. The first-order valence-corrected chi connectivity index (χ1v) is 44.0. The molecular formula is C88H173NO5. The third-order valence-electron chi connectivity index (χ3n) is 21.1. The summed E-state index contributed by atoms with van der Waals surface area (Å²) in [7, 11) is 0. The number of rotatable bonds is 84. The number of amides is 1. The lowest BCUT2D eigenvalue weighted by Crippen LogP contribution is -2.45. The molecule has 0 rings (SSSR count). The smallest absolute Gasteiger partial charge is 0.305 e. The van der Waals surface area contributed by atoms with E-state index in [-0.39, 0.29) is 18.5 Å². The number of nitrogens with one attached hydrogen (secondary N) is 1. The molecule has 94 heavy (non-hydrogen) atoms. The van der Waals surface area contributed by atoms with Crippen LogP contribution in [0.4, 0.5) is 0 Å². The van der Waals surface area contributed by atoms with Gasteiger partial charge < -0.3 is 20.3 Å². The molecule has 0 aromatic carbocycles. The molecule has 0 bridgehead atoms. The van der Waals surface area contributed by atoms with E-state index in [1.54, 1.807) is 6.08 Å². The number of esters is 1. The van der Waals surface area contributed by atoms with Gasteiger partial charge in [-0.1, -0.05) is 482 Å². The Kier molecular flexibility index (Phi) is 82.8. The van der Waals surface area contributed by atoms with Crippen molar-refractivity contribution in [2.45, 2.75) is 527 Å². The highest BCUT2D eigenvalue weighted by Gasteiger charge is 2.18. The molecule has 6 heteroatoms. The van der Waals surface area contributed by atoms with E-state index in [2.05, 4.69) is 19.2 Å². The fourth-order valence-corrected chi connectivity index (χ4v) is 14.4. The van der Waals surface area contributed by atoms with E-state index in [0.29, 0.717) is 19.4 Å². The van der Waals surface area contributed by atoms with Gasteiger partial charge in [0.25, 0.3) is 0 Å².